The third-order valence-corrected chi connectivity index (χ3v) is 7.98. The number of piperazine rings is 1. The molecule has 0 radical (unpaired) electrons. The van der Waals surface area contributed by atoms with Crippen molar-refractivity contribution in [1.82, 2.24) is 9.88 Å². The minimum absolute atomic E-state index is 0.0150. The second-order valence-electron chi connectivity index (χ2n) is 11.0. The van der Waals surface area contributed by atoms with Crippen LogP contribution >= 0.6 is 0 Å². The van der Waals surface area contributed by atoms with Gasteiger partial charge >= 0.3 is 12.4 Å². The van der Waals surface area contributed by atoms with Crippen LogP contribution in [0.3, 0.4) is 0 Å². The van der Waals surface area contributed by atoms with E-state index in [0.717, 1.165) is 5.69 Å². The lowest BCUT2D eigenvalue weighted by Crippen LogP contribution is -2.59. The summed E-state index contributed by atoms with van der Waals surface area (Å²) in [5.74, 6) is -3.04. The summed E-state index contributed by atoms with van der Waals surface area (Å²) in [6.07, 6.45) is -7.12. The number of anilines is 1. The van der Waals surface area contributed by atoms with Crippen LogP contribution in [-0.2, 0) is 26.6 Å². The summed E-state index contributed by atoms with van der Waals surface area (Å²) in [6, 6.07) is 10.4. The normalized spacial score (nSPS) is 22.3. The van der Waals surface area contributed by atoms with Gasteiger partial charge in [-0.3, -0.25) is 9.78 Å². The molecule has 2 aromatic carbocycles. The molecule has 3 heterocycles. The van der Waals surface area contributed by atoms with Crippen LogP contribution in [0, 0.1) is 5.82 Å². The highest BCUT2D eigenvalue weighted by Crippen LogP contribution is 2.45. The first-order chi connectivity index (χ1) is 20.7. The zero-order valence-corrected chi connectivity index (χ0v) is 23.7. The Morgan fingerprint density at radius 1 is 1.02 bits per heavy atom. The highest BCUT2D eigenvalue weighted by Gasteiger charge is 2.48. The maximum atomic E-state index is 13.8. The molecule has 0 unspecified atom stereocenters. The number of pyridine rings is 1. The molecule has 13 heteroatoms. The fraction of sp³-hybridized carbons (Fsp3) is 0.419. The summed E-state index contributed by atoms with van der Waals surface area (Å²) in [7, 11) is 0. The number of alkyl halides is 6. The summed E-state index contributed by atoms with van der Waals surface area (Å²) in [4.78, 5) is 20.9. The molecule has 236 valence electrons. The van der Waals surface area contributed by atoms with Gasteiger partial charge < -0.3 is 19.3 Å². The molecule has 44 heavy (non-hydrogen) atoms. The number of hydrogen-bond acceptors (Lipinski definition) is 5. The van der Waals surface area contributed by atoms with Gasteiger partial charge in [-0.1, -0.05) is 12.1 Å². The Bertz CT molecular complexity index is 1420. The SMILES string of the molecule is C[C@@H](O[C@]1(CN2CCN(c3cccnc3)CC2=O)OCCC[C@@H]1c1ccc(F)cc1)c1cc(C(F)(F)F)cc(C(F)(F)F)c1. The molecule has 5 rings (SSSR count). The molecule has 0 saturated carbocycles. The van der Waals surface area contributed by atoms with Crippen LogP contribution in [0.1, 0.15) is 54.0 Å². The van der Waals surface area contributed by atoms with Gasteiger partial charge in [0.2, 0.25) is 5.91 Å². The molecule has 6 nitrogen and oxygen atoms in total. The molecule has 0 spiro atoms. The minimum atomic E-state index is -5.04. The molecule has 1 amide bonds. The van der Waals surface area contributed by atoms with Crippen molar-refractivity contribution in [2.45, 2.75) is 49.9 Å². The molecule has 0 bridgehead atoms. The van der Waals surface area contributed by atoms with E-state index in [1.807, 2.05) is 11.0 Å². The van der Waals surface area contributed by atoms with E-state index < -0.39 is 47.1 Å². The van der Waals surface area contributed by atoms with Crippen molar-refractivity contribution < 1.29 is 45.0 Å². The monoisotopic (exact) mass is 625 g/mol. The molecule has 3 aromatic rings. The van der Waals surface area contributed by atoms with Crippen LogP contribution in [0.2, 0.25) is 0 Å². The maximum absolute atomic E-state index is 13.8. The molecule has 1 aromatic heterocycles. The molecule has 2 aliphatic heterocycles. The van der Waals surface area contributed by atoms with Crippen molar-refractivity contribution in [1.29, 1.82) is 0 Å². The topological polar surface area (TPSA) is 54.9 Å². The summed E-state index contributed by atoms with van der Waals surface area (Å²) < 4.78 is 108. The predicted molar refractivity (Wildman–Crippen MR) is 146 cm³/mol. The Labute approximate surface area is 249 Å². The van der Waals surface area contributed by atoms with Gasteiger partial charge in [-0.2, -0.15) is 26.3 Å². The van der Waals surface area contributed by atoms with Crippen LogP contribution in [0.15, 0.2) is 67.0 Å². The van der Waals surface area contributed by atoms with Gasteiger partial charge in [-0.25, -0.2) is 4.39 Å². The lowest BCUT2D eigenvalue weighted by molar-refractivity contribution is -0.291. The van der Waals surface area contributed by atoms with Gasteiger partial charge in [0.05, 0.1) is 48.8 Å². The van der Waals surface area contributed by atoms with Crippen LogP contribution < -0.4 is 4.90 Å². The van der Waals surface area contributed by atoms with Gasteiger partial charge in [0.25, 0.3) is 0 Å². The summed E-state index contributed by atoms with van der Waals surface area (Å²) in [5, 5.41) is 0. The molecule has 0 N–H and O–H groups in total. The second kappa shape index (κ2) is 12.4. The Morgan fingerprint density at radius 3 is 2.30 bits per heavy atom. The number of nitrogens with zero attached hydrogens (tertiary/aromatic N) is 3. The lowest BCUT2D eigenvalue weighted by atomic mass is 9.83. The highest BCUT2D eigenvalue weighted by atomic mass is 19.4. The van der Waals surface area contributed by atoms with E-state index >= 15 is 0 Å². The van der Waals surface area contributed by atoms with E-state index in [2.05, 4.69) is 4.98 Å². The molecular formula is C31H30F7N3O3. The van der Waals surface area contributed by atoms with E-state index in [1.165, 1.54) is 36.1 Å². The van der Waals surface area contributed by atoms with Gasteiger partial charge in [0.1, 0.15) is 5.82 Å². The average molecular weight is 626 g/mol. The third-order valence-electron chi connectivity index (χ3n) is 7.98. The Morgan fingerprint density at radius 2 is 1.70 bits per heavy atom. The number of carbonyl (C=O) groups excluding carboxylic acids is 1. The molecule has 2 fully saturated rings. The van der Waals surface area contributed by atoms with Gasteiger partial charge in [-0.15, -0.1) is 0 Å². The third kappa shape index (κ3) is 6.99. The first kappa shape index (κ1) is 31.7. The largest absolute Gasteiger partial charge is 0.416 e. The lowest BCUT2D eigenvalue weighted by Gasteiger charge is -2.48. The van der Waals surface area contributed by atoms with Crippen LogP contribution in [0.5, 0.6) is 0 Å². The van der Waals surface area contributed by atoms with E-state index in [1.54, 1.807) is 18.5 Å². The van der Waals surface area contributed by atoms with Crippen molar-refractivity contribution in [2.75, 3.05) is 37.7 Å². The molecule has 0 aliphatic carbocycles. The average Bonchev–Trinajstić information content (AvgIpc) is 2.98. The van der Waals surface area contributed by atoms with E-state index in [-0.39, 0.29) is 43.8 Å². The quantitative estimate of drug-likeness (QED) is 0.266. The molecular weight excluding hydrogens is 595 g/mol. The van der Waals surface area contributed by atoms with E-state index in [0.29, 0.717) is 37.1 Å². The Hall–Kier alpha value is -3.71. The van der Waals surface area contributed by atoms with E-state index in [9.17, 15) is 35.5 Å². The molecule has 2 aliphatic rings. The fourth-order valence-electron chi connectivity index (χ4n) is 5.76. The number of aromatic nitrogens is 1. The number of benzene rings is 2. The number of ether oxygens (including phenoxy) is 2. The van der Waals surface area contributed by atoms with E-state index in [4.69, 9.17) is 9.47 Å². The number of hydrogen-bond donors (Lipinski definition) is 0. The number of halogens is 7. The van der Waals surface area contributed by atoms with Crippen molar-refractivity contribution in [3.8, 4) is 0 Å². The zero-order chi connectivity index (χ0) is 31.7. The number of rotatable bonds is 7. The van der Waals surface area contributed by atoms with Crippen molar-refractivity contribution in [2.24, 2.45) is 0 Å². The standard InChI is InChI=1S/C31H30F7N3O3/c1-20(22-14-23(30(33,34)35)16-24(15-22)31(36,37)38)44-29(27(5-3-13-43-29)21-6-8-25(32)9-7-21)19-41-12-11-40(18-28(41)42)26-4-2-10-39-17-26/h2,4,6-10,14-17,20,27H,3,5,11-13,18-19H2,1H3/t20-,27-,29+/m1/s1. The summed E-state index contributed by atoms with van der Waals surface area (Å²) in [6.45, 7) is 2.07. The van der Waals surface area contributed by atoms with Crippen LogP contribution in [0.4, 0.5) is 36.4 Å². The van der Waals surface area contributed by atoms with Gasteiger partial charge in [0, 0.05) is 25.2 Å². The van der Waals surface area contributed by atoms with Crippen molar-refractivity contribution in [3.05, 3.63) is 95.1 Å². The number of carbonyl (C=O) groups is 1. The summed E-state index contributed by atoms with van der Waals surface area (Å²) >= 11 is 0. The Kier molecular flexibility index (Phi) is 8.90. The first-order valence-corrected chi connectivity index (χ1v) is 14.0. The van der Waals surface area contributed by atoms with Crippen molar-refractivity contribution in [3.63, 3.8) is 0 Å². The predicted octanol–water partition coefficient (Wildman–Crippen LogP) is 6.98. The smallest absolute Gasteiger partial charge is 0.359 e. The first-order valence-electron chi connectivity index (χ1n) is 14.0. The molecule has 2 saturated heterocycles. The number of amides is 1. The van der Waals surface area contributed by atoms with Crippen molar-refractivity contribution >= 4 is 11.6 Å². The van der Waals surface area contributed by atoms with Gasteiger partial charge in [0.15, 0.2) is 5.79 Å². The summed E-state index contributed by atoms with van der Waals surface area (Å²) in [5.41, 5.74) is -1.93. The zero-order valence-electron chi connectivity index (χ0n) is 23.7. The Balaban J connectivity index is 1.50. The molecule has 3 atom stereocenters. The van der Waals surface area contributed by atoms with Crippen LogP contribution in [0.25, 0.3) is 0 Å². The fourth-order valence-corrected chi connectivity index (χ4v) is 5.76. The minimum Gasteiger partial charge on any atom is -0.359 e. The van der Waals surface area contributed by atoms with Crippen LogP contribution in [-0.4, -0.2) is 54.4 Å². The highest BCUT2D eigenvalue weighted by molar-refractivity contribution is 5.82. The second-order valence-corrected chi connectivity index (χ2v) is 11.0. The maximum Gasteiger partial charge on any atom is 0.416 e. The van der Waals surface area contributed by atoms with Gasteiger partial charge in [-0.05, 0) is 73.4 Å².